The predicted molar refractivity (Wildman–Crippen MR) is 213 cm³/mol. The number of rotatable bonds is 16. The molecule has 0 saturated heterocycles. The van der Waals surface area contributed by atoms with Gasteiger partial charge in [-0.05, 0) is 48.2 Å². The zero-order valence-corrected chi connectivity index (χ0v) is 35.7. The number of benzene rings is 2. The molecule has 0 bridgehead atoms. The summed E-state index contributed by atoms with van der Waals surface area (Å²) in [5, 5.41) is 9.90. The molecule has 28 heteroatoms. The number of carbonyl (C=O) groups is 1. The van der Waals surface area contributed by atoms with Gasteiger partial charge in [-0.1, -0.05) is 11.6 Å². The molecule has 1 fully saturated rings. The summed E-state index contributed by atoms with van der Waals surface area (Å²) in [6.07, 6.45) is -9.07. The Morgan fingerprint density at radius 3 is 2.37 bits per heavy atom. The average Bonchev–Trinajstić information content (AvgIpc) is 3.75. The summed E-state index contributed by atoms with van der Waals surface area (Å²) in [6.45, 7) is -4.60. The number of hydrogen-bond donors (Lipinski definition) is 2. The van der Waals surface area contributed by atoms with Crippen molar-refractivity contribution in [3.05, 3.63) is 97.8 Å². The summed E-state index contributed by atoms with van der Waals surface area (Å²) in [5.41, 5.74) is -4.08. The molecule has 6 aromatic rings. The van der Waals surface area contributed by atoms with Crippen molar-refractivity contribution in [2.45, 2.75) is 55.8 Å². The summed E-state index contributed by atoms with van der Waals surface area (Å²) in [5.74, 6) is -15.6. The van der Waals surface area contributed by atoms with E-state index in [0.29, 0.717) is 10.7 Å². The third-order valence-electron chi connectivity index (χ3n) is 10.8. The van der Waals surface area contributed by atoms with E-state index in [1.807, 2.05) is 0 Å². The Bertz CT molecular complexity index is 3130. The van der Waals surface area contributed by atoms with Gasteiger partial charge in [-0.15, -0.1) is 0 Å². The van der Waals surface area contributed by atoms with Crippen molar-refractivity contribution in [3.8, 4) is 11.6 Å². The fourth-order valence-corrected chi connectivity index (χ4v) is 8.75. The van der Waals surface area contributed by atoms with Crippen molar-refractivity contribution in [2.24, 2.45) is 13.0 Å². The van der Waals surface area contributed by atoms with Gasteiger partial charge in [-0.25, -0.2) is 31.0 Å². The number of alkyl halides is 9. The minimum absolute atomic E-state index is 0.0403. The van der Waals surface area contributed by atoms with Crippen LogP contribution < -0.4 is 20.3 Å². The van der Waals surface area contributed by atoms with E-state index in [-0.39, 0.29) is 56.2 Å². The van der Waals surface area contributed by atoms with Gasteiger partial charge in [0.1, 0.15) is 48.6 Å². The highest BCUT2D eigenvalue weighted by atomic mass is 35.5. The molecule has 15 nitrogen and oxygen atoms in total. The van der Waals surface area contributed by atoms with Gasteiger partial charge in [0.15, 0.2) is 11.5 Å². The van der Waals surface area contributed by atoms with Crippen molar-refractivity contribution in [2.75, 3.05) is 30.8 Å². The van der Waals surface area contributed by atoms with Crippen molar-refractivity contribution in [1.29, 1.82) is 0 Å². The molecule has 2 N–H and O–H groups in total. The Morgan fingerprint density at radius 2 is 1.72 bits per heavy atom. The first-order valence-electron chi connectivity index (χ1n) is 19.5. The number of sulfonamides is 1. The number of nitrogens with one attached hydrogen (secondary N) is 2. The Kier molecular flexibility index (Phi) is 12.0. The number of pyridine rings is 1. The number of anilines is 1. The van der Waals surface area contributed by atoms with Crippen LogP contribution in [0.5, 0.6) is 5.88 Å². The minimum atomic E-state index is -5.89. The lowest BCUT2D eigenvalue weighted by atomic mass is 10.0. The predicted octanol–water partition coefficient (Wildman–Crippen LogP) is 7.01. The lowest BCUT2D eigenvalue weighted by Crippen LogP contribution is -2.41. The molecule has 0 spiro atoms. The number of nitrogens with zero attached hydrogens (tertiary/aromatic N) is 7. The first kappa shape index (κ1) is 47.4. The van der Waals surface area contributed by atoms with Gasteiger partial charge in [0.25, 0.3) is 17.9 Å². The third-order valence-corrected chi connectivity index (χ3v) is 11.7. The topological polar surface area (TPSA) is 177 Å². The highest BCUT2D eigenvalue weighted by Crippen LogP contribution is 2.68. The Morgan fingerprint density at radius 1 is 1.01 bits per heavy atom. The fourth-order valence-electron chi connectivity index (χ4n) is 8.01. The third kappa shape index (κ3) is 9.06. The van der Waals surface area contributed by atoms with Crippen LogP contribution in [0.2, 0.25) is 5.02 Å². The number of hydrogen-bond acceptors (Lipinski definition) is 10. The van der Waals surface area contributed by atoms with Crippen LogP contribution in [0.25, 0.3) is 27.6 Å². The van der Waals surface area contributed by atoms with E-state index in [2.05, 4.69) is 34.9 Å². The van der Waals surface area contributed by atoms with Gasteiger partial charge in [0.2, 0.25) is 21.8 Å². The fraction of sp³-hybridized carbons (Fsp3) is 0.385. The summed E-state index contributed by atoms with van der Waals surface area (Å²) in [4.78, 5) is 37.6. The Labute approximate surface area is 373 Å². The number of aryl methyl sites for hydroxylation is 1. The van der Waals surface area contributed by atoms with E-state index in [0.717, 1.165) is 39.8 Å². The Hall–Kier alpha value is -6.09. The largest absolute Gasteiger partial charge is 0.475 e. The average molecular weight is 998 g/mol. The van der Waals surface area contributed by atoms with Gasteiger partial charge in [0.05, 0.1) is 45.9 Å². The van der Waals surface area contributed by atoms with Crippen LogP contribution in [0.3, 0.4) is 0 Å². The van der Waals surface area contributed by atoms with Crippen molar-refractivity contribution in [1.82, 2.24) is 39.4 Å². The minimum Gasteiger partial charge on any atom is -0.475 e. The first-order valence-corrected chi connectivity index (χ1v) is 21.8. The van der Waals surface area contributed by atoms with E-state index in [1.54, 1.807) is 0 Å². The highest BCUT2D eigenvalue weighted by molar-refractivity contribution is 7.92. The van der Waals surface area contributed by atoms with E-state index in [4.69, 9.17) is 16.3 Å². The zero-order chi connectivity index (χ0) is 48.7. The molecule has 2 aromatic carbocycles. The van der Waals surface area contributed by atoms with Crippen LogP contribution in [0.4, 0.5) is 54.1 Å². The number of ether oxygens (including phenoxy) is 2. The second kappa shape index (κ2) is 16.9. The molecule has 4 aromatic heterocycles. The summed E-state index contributed by atoms with van der Waals surface area (Å²) >= 11 is 6.55. The maximum absolute atomic E-state index is 15.5. The lowest BCUT2D eigenvalue weighted by molar-refractivity contribution is -0.297. The van der Waals surface area contributed by atoms with E-state index in [1.165, 1.54) is 19.2 Å². The zero-order valence-electron chi connectivity index (χ0n) is 34.1. The van der Waals surface area contributed by atoms with E-state index >= 15 is 8.78 Å². The molecule has 0 radical (unpaired) electrons. The van der Waals surface area contributed by atoms with Crippen LogP contribution >= 0.6 is 11.6 Å². The van der Waals surface area contributed by atoms with Gasteiger partial charge in [-0.3, -0.25) is 28.2 Å². The van der Waals surface area contributed by atoms with Gasteiger partial charge in [0, 0.05) is 37.1 Å². The monoisotopic (exact) mass is 997 g/mol. The highest BCUT2D eigenvalue weighted by Gasteiger charge is 2.67. The van der Waals surface area contributed by atoms with Gasteiger partial charge in [-0.2, -0.15) is 45.9 Å². The summed E-state index contributed by atoms with van der Waals surface area (Å²) in [7, 11) is -2.66. The van der Waals surface area contributed by atoms with Gasteiger partial charge < -0.3 is 14.8 Å². The van der Waals surface area contributed by atoms with Crippen LogP contribution in [-0.2, 0) is 45.5 Å². The van der Waals surface area contributed by atoms with E-state index in [9.17, 15) is 57.5 Å². The molecular weight excluding hydrogens is 967 g/mol. The second-order valence-electron chi connectivity index (χ2n) is 15.7. The maximum Gasteiger partial charge on any atom is 0.455 e. The maximum atomic E-state index is 15.5. The normalized spacial score (nSPS) is 17.2. The van der Waals surface area contributed by atoms with Crippen molar-refractivity contribution >= 4 is 55.3 Å². The van der Waals surface area contributed by atoms with E-state index < -0.39 is 131 Å². The molecule has 1 saturated carbocycles. The summed E-state index contributed by atoms with van der Waals surface area (Å²) < 4.78 is 192. The molecule has 3 atom stereocenters. The molecule has 2 aliphatic rings. The van der Waals surface area contributed by atoms with Crippen LogP contribution in [0.15, 0.2) is 47.3 Å². The smallest absolute Gasteiger partial charge is 0.455 e. The molecule has 1 amide bonds. The summed E-state index contributed by atoms with van der Waals surface area (Å²) in [6, 6.07) is 5.24. The molecule has 4 heterocycles. The molecule has 0 aliphatic heterocycles. The molecule has 8 rings (SSSR count). The lowest BCUT2D eigenvalue weighted by Gasteiger charge is -2.24. The number of halogens is 12. The van der Waals surface area contributed by atoms with Crippen LogP contribution in [-0.4, -0.2) is 86.6 Å². The van der Waals surface area contributed by atoms with Gasteiger partial charge >= 0.3 is 12.1 Å². The number of carbonyl (C=O) groups excluding carboxylic acids is 1. The van der Waals surface area contributed by atoms with Crippen molar-refractivity contribution in [3.63, 3.8) is 0 Å². The number of aromatic nitrogens is 7. The first-order chi connectivity index (χ1) is 31.3. The molecule has 67 heavy (non-hydrogen) atoms. The molecule has 0 unspecified atom stereocenters. The second-order valence-corrected chi connectivity index (χ2v) is 17.8. The quantitative estimate of drug-likeness (QED) is 0.0758. The molecular formula is C39H31ClF11N9O6S. The van der Waals surface area contributed by atoms with Crippen molar-refractivity contribution < 1.29 is 71.0 Å². The standard InChI is InChI=1S/C39H31ClF11N9O6S/c1-58-30-24(5-4-22(40)28(30)34(56-58)57-67(2,63)64)60-35(54-33-19(36(60)62)3-6-26(53-33)66-8-7-65-15-37(45,46)39(49,50)51)23(11-16-9-17(41)12-18(42)10-16)52-25(61)14-59-31-27(29(55-59)32(43)44)20-13-21(20)38(31,47)48/h3-6,9-10,12,20-21,23,32H,7-8,11,13-15H2,1-2H3,(H,52,61)(H,56,57)/t20-,21+,23-/m0/s1. The number of amides is 1. The molecule has 2 aliphatic carbocycles. The SMILES string of the molecule is Cn1nc(NS(C)(=O)=O)c2c(Cl)ccc(-n3c([C@H](Cc4cc(F)cc(F)c4)NC(=O)Cn4nc(C(F)F)c5c4C(F)(F)[C@@H]4C[C@H]54)nc4nc(OCCOCC(F)(F)C(F)(F)F)ccc4c3=O)c21. The molecule has 358 valence electrons. The Balaban J connectivity index is 1.26. The van der Waals surface area contributed by atoms with Crippen LogP contribution in [0.1, 0.15) is 53.1 Å². The number of fused-ring (bicyclic) bond motifs is 5. The van der Waals surface area contributed by atoms with Crippen LogP contribution in [0, 0.1) is 17.6 Å².